The maximum Gasteiger partial charge on any atom is 0.328 e. The van der Waals surface area contributed by atoms with E-state index in [4.69, 9.17) is 19.7 Å². The van der Waals surface area contributed by atoms with Crippen LogP contribution in [-0.4, -0.2) is 80.3 Å². The van der Waals surface area contributed by atoms with E-state index < -0.39 is 18.0 Å². The summed E-state index contributed by atoms with van der Waals surface area (Å²) >= 11 is 0. The summed E-state index contributed by atoms with van der Waals surface area (Å²) in [6.45, 7) is 0.337. The van der Waals surface area contributed by atoms with Gasteiger partial charge in [0, 0.05) is 27.3 Å². The van der Waals surface area contributed by atoms with Gasteiger partial charge >= 0.3 is 12.0 Å². The third kappa shape index (κ3) is 6.38. The molecule has 8 nitrogen and oxygen atoms in total. The highest BCUT2D eigenvalue weighted by Crippen LogP contribution is 1.93. The molecule has 0 aliphatic heterocycles. The van der Waals surface area contributed by atoms with Crippen molar-refractivity contribution < 1.29 is 29.3 Å². The van der Waals surface area contributed by atoms with E-state index >= 15 is 0 Å². The number of aliphatic carboxylic acids is 1. The maximum atomic E-state index is 11.8. The van der Waals surface area contributed by atoms with Gasteiger partial charge in [-0.2, -0.15) is 0 Å². The minimum absolute atomic E-state index is 0.106. The van der Waals surface area contributed by atoms with Crippen molar-refractivity contribution in [1.29, 1.82) is 0 Å². The number of nitrogens with one attached hydrogen (secondary N) is 1. The van der Waals surface area contributed by atoms with Crippen molar-refractivity contribution in [2.24, 2.45) is 0 Å². The Morgan fingerprint density at radius 1 is 1.28 bits per heavy atom. The molecule has 0 aromatic carbocycles. The summed E-state index contributed by atoms with van der Waals surface area (Å²) in [5, 5.41) is 20.0. The van der Waals surface area contributed by atoms with Crippen LogP contribution in [0.4, 0.5) is 4.79 Å². The Kier molecular flexibility index (Phi) is 8.89. The topological polar surface area (TPSA) is 108 Å². The Balaban J connectivity index is 4.40. The first-order valence-electron chi connectivity index (χ1n) is 5.43. The van der Waals surface area contributed by atoms with Crippen molar-refractivity contribution >= 4 is 12.0 Å². The van der Waals surface area contributed by atoms with Gasteiger partial charge in [0.15, 0.2) is 6.04 Å². The van der Waals surface area contributed by atoms with Crippen LogP contribution in [0.1, 0.15) is 0 Å². The molecule has 8 heteroatoms. The quantitative estimate of drug-likeness (QED) is 0.479. The second-order valence-corrected chi connectivity index (χ2v) is 3.50. The van der Waals surface area contributed by atoms with Gasteiger partial charge in [-0.05, 0) is 0 Å². The van der Waals surface area contributed by atoms with E-state index in [2.05, 4.69) is 5.32 Å². The lowest BCUT2D eigenvalue weighted by Crippen LogP contribution is -2.51. The first kappa shape index (κ1) is 16.6. The van der Waals surface area contributed by atoms with Crippen LogP contribution >= 0.6 is 0 Å². The molecule has 0 fully saturated rings. The Bertz CT molecular complexity index is 261. The van der Waals surface area contributed by atoms with Gasteiger partial charge in [0.05, 0.1) is 19.8 Å². The molecule has 0 aliphatic rings. The van der Waals surface area contributed by atoms with Crippen LogP contribution in [0, 0.1) is 0 Å². The molecule has 0 aromatic rings. The van der Waals surface area contributed by atoms with E-state index in [-0.39, 0.29) is 26.3 Å². The molecule has 2 amide bonds. The number of methoxy groups -OCH3 is 2. The number of carbonyl (C=O) groups is 2. The van der Waals surface area contributed by atoms with E-state index in [0.29, 0.717) is 6.61 Å². The van der Waals surface area contributed by atoms with Crippen LogP contribution in [-0.2, 0) is 14.3 Å². The Hall–Kier alpha value is -1.38. The van der Waals surface area contributed by atoms with Crippen LogP contribution in [0.3, 0.4) is 0 Å². The lowest BCUT2D eigenvalue weighted by atomic mass is 10.3. The molecule has 0 saturated carbocycles. The summed E-state index contributed by atoms with van der Waals surface area (Å²) in [4.78, 5) is 23.9. The van der Waals surface area contributed by atoms with Crippen molar-refractivity contribution in [3.63, 3.8) is 0 Å². The van der Waals surface area contributed by atoms with Gasteiger partial charge in [-0.25, -0.2) is 9.59 Å². The van der Waals surface area contributed by atoms with E-state index in [1.807, 2.05) is 0 Å². The normalized spacial score (nSPS) is 11.9. The van der Waals surface area contributed by atoms with Crippen LogP contribution in [0.25, 0.3) is 0 Å². The standard InChI is InChI=1S/C10H20N2O6/c1-17-6-4-12(3-5-13)10(16)11-8(7-18-2)9(14)15/h8,13H,3-7H2,1-2H3,(H,11,16)(H,14,15). The molecular formula is C10H20N2O6. The molecule has 0 bridgehead atoms. The van der Waals surface area contributed by atoms with Gasteiger partial charge < -0.3 is 29.9 Å². The van der Waals surface area contributed by atoms with Crippen molar-refractivity contribution in [3.05, 3.63) is 0 Å². The van der Waals surface area contributed by atoms with Crippen molar-refractivity contribution in [3.8, 4) is 0 Å². The fourth-order valence-electron chi connectivity index (χ4n) is 1.22. The van der Waals surface area contributed by atoms with E-state index in [0.717, 1.165) is 0 Å². The van der Waals surface area contributed by atoms with Crippen molar-refractivity contribution in [2.75, 3.05) is 47.1 Å². The molecule has 1 unspecified atom stereocenters. The molecule has 0 saturated heterocycles. The van der Waals surface area contributed by atoms with E-state index in [9.17, 15) is 9.59 Å². The lowest BCUT2D eigenvalue weighted by Gasteiger charge is -2.24. The number of rotatable bonds is 9. The Morgan fingerprint density at radius 2 is 1.94 bits per heavy atom. The summed E-state index contributed by atoms with van der Waals surface area (Å²) in [5.41, 5.74) is 0. The molecule has 0 radical (unpaired) electrons. The van der Waals surface area contributed by atoms with Crippen LogP contribution in [0.15, 0.2) is 0 Å². The zero-order valence-corrected chi connectivity index (χ0v) is 10.6. The number of aliphatic hydroxyl groups excluding tert-OH is 1. The number of amides is 2. The number of carbonyl (C=O) groups excluding carboxylic acids is 1. The number of aliphatic hydroxyl groups is 1. The fourth-order valence-corrected chi connectivity index (χ4v) is 1.22. The van der Waals surface area contributed by atoms with Gasteiger partial charge in [0.2, 0.25) is 0 Å². The highest BCUT2D eigenvalue weighted by Gasteiger charge is 2.22. The number of urea groups is 1. The number of carboxylic acid groups (broad SMARTS) is 1. The minimum Gasteiger partial charge on any atom is -0.480 e. The average Bonchev–Trinajstić information content (AvgIpc) is 2.33. The molecule has 1 atom stereocenters. The number of ether oxygens (including phenoxy) is 2. The first-order chi connectivity index (χ1) is 8.56. The third-order valence-corrected chi connectivity index (χ3v) is 2.15. The lowest BCUT2D eigenvalue weighted by molar-refractivity contribution is -0.140. The number of hydrogen-bond acceptors (Lipinski definition) is 5. The molecule has 0 aliphatic carbocycles. The summed E-state index contributed by atoms with van der Waals surface area (Å²) in [6, 6.07) is -1.70. The van der Waals surface area contributed by atoms with Gasteiger partial charge in [-0.1, -0.05) is 0 Å². The van der Waals surface area contributed by atoms with Crippen LogP contribution in [0.5, 0.6) is 0 Å². The van der Waals surface area contributed by atoms with Crippen LogP contribution in [0.2, 0.25) is 0 Å². The second kappa shape index (κ2) is 9.63. The molecule has 0 aromatic heterocycles. The van der Waals surface area contributed by atoms with E-state index in [1.165, 1.54) is 19.1 Å². The second-order valence-electron chi connectivity index (χ2n) is 3.50. The van der Waals surface area contributed by atoms with Crippen LogP contribution < -0.4 is 5.32 Å². The summed E-state index contributed by atoms with van der Waals surface area (Å²) in [5.74, 6) is -1.18. The van der Waals surface area contributed by atoms with Crippen molar-refractivity contribution in [2.45, 2.75) is 6.04 Å². The summed E-state index contributed by atoms with van der Waals surface area (Å²) in [7, 11) is 2.83. The highest BCUT2D eigenvalue weighted by atomic mass is 16.5. The summed E-state index contributed by atoms with van der Waals surface area (Å²) in [6.07, 6.45) is 0. The zero-order valence-electron chi connectivity index (χ0n) is 10.6. The smallest absolute Gasteiger partial charge is 0.328 e. The molecule has 0 spiro atoms. The number of hydrogen-bond donors (Lipinski definition) is 3. The number of nitrogens with zero attached hydrogens (tertiary/aromatic N) is 1. The highest BCUT2D eigenvalue weighted by molar-refractivity contribution is 5.82. The van der Waals surface area contributed by atoms with E-state index in [1.54, 1.807) is 0 Å². The van der Waals surface area contributed by atoms with Crippen molar-refractivity contribution in [1.82, 2.24) is 10.2 Å². The Morgan fingerprint density at radius 3 is 2.39 bits per heavy atom. The molecule has 0 heterocycles. The monoisotopic (exact) mass is 264 g/mol. The zero-order chi connectivity index (χ0) is 14.0. The minimum atomic E-state index is -1.18. The molecule has 3 N–H and O–H groups in total. The van der Waals surface area contributed by atoms with Gasteiger partial charge in [0.25, 0.3) is 0 Å². The third-order valence-electron chi connectivity index (χ3n) is 2.15. The first-order valence-corrected chi connectivity index (χ1v) is 5.43. The van der Waals surface area contributed by atoms with Gasteiger partial charge in [-0.15, -0.1) is 0 Å². The average molecular weight is 264 g/mol. The molecular weight excluding hydrogens is 244 g/mol. The maximum absolute atomic E-state index is 11.8. The van der Waals surface area contributed by atoms with Gasteiger partial charge in [0.1, 0.15) is 0 Å². The predicted octanol–water partition coefficient (Wildman–Crippen LogP) is -1.26. The molecule has 0 rings (SSSR count). The fraction of sp³-hybridized carbons (Fsp3) is 0.800. The molecule has 18 heavy (non-hydrogen) atoms. The molecule has 106 valence electrons. The van der Waals surface area contributed by atoms with Gasteiger partial charge in [-0.3, -0.25) is 0 Å². The largest absolute Gasteiger partial charge is 0.480 e. The summed E-state index contributed by atoms with van der Waals surface area (Å²) < 4.78 is 9.52. The predicted molar refractivity (Wildman–Crippen MR) is 62.4 cm³/mol. The number of carboxylic acids is 1. The SMILES string of the molecule is COCCN(CCO)C(=O)NC(COC)C(=O)O. The Labute approximate surface area is 105 Å².